The lowest BCUT2D eigenvalue weighted by molar-refractivity contribution is 0.628. The predicted octanol–water partition coefficient (Wildman–Crippen LogP) is 13.1. The van der Waals surface area contributed by atoms with Crippen LogP contribution in [0.4, 0.5) is 17.1 Å². The summed E-state index contributed by atoms with van der Waals surface area (Å²) >= 11 is 0. The zero-order valence-corrected chi connectivity index (χ0v) is 27.8. The molecule has 2 nitrogen and oxygen atoms in total. The van der Waals surface area contributed by atoms with Crippen LogP contribution in [0.1, 0.15) is 22.3 Å². The summed E-state index contributed by atoms with van der Waals surface area (Å²) in [7, 11) is 0. The SMILES string of the molecule is c1ccc(-c2ccc(N(c3ccc4c(c3)C3(c5ccccc5-c5ccccc53)c3c-4oc4ccccc34)c3ccc4ccccc4c3)cc2)cc1. The first kappa shape index (κ1) is 28.2. The largest absolute Gasteiger partial charge is 0.456 e. The molecule has 11 rings (SSSR count). The van der Waals surface area contributed by atoms with Crippen LogP contribution in [-0.2, 0) is 5.41 Å². The van der Waals surface area contributed by atoms with Gasteiger partial charge in [0, 0.05) is 33.6 Å². The summed E-state index contributed by atoms with van der Waals surface area (Å²) < 4.78 is 6.81. The third kappa shape index (κ3) is 3.93. The number of hydrogen-bond donors (Lipinski definition) is 0. The number of fused-ring (bicyclic) bond motifs is 13. The highest BCUT2D eigenvalue weighted by Gasteiger charge is 2.54. The summed E-state index contributed by atoms with van der Waals surface area (Å²) in [5.41, 5.74) is 14.9. The first-order valence-electron chi connectivity index (χ1n) is 17.6. The van der Waals surface area contributed by atoms with Crippen LogP contribution in [-0.4, -0.2) is 0 Å². The molecule has 0 amide bonds. The number of anilines is 3. The van der Waals surface area contributed by atoms with Gasteiger partial charge in [-0.25, -0.2) is 0 Å². The van der Waals surface area contributed by atoms with E-state index in [2.05, 4.69) is 193 Å². The average Bonchev–Trinajstić information content (AvgIpc) is 3.82. The van der Waals surface area contributed by atoms with Gasteiger partial charge in [0.25, 0.3) is 0 Å². The van der Waals surface area contributed by atoms with Crippen molar-refractivity contribution in [3.8, 4) is 33.6 Å². The fourth-order valence-corrected chi connectivity index (χ4v) is 8.91. The lowest BCUT2D eigenvalue weighted by atomic mass is 9.70. The maximum absolute atomic E-state index is 6.81. The number of hydrogen-bond acceptors (Lipinski definition) is 2. The molecule has 0 N–H and O–H groups in total. The van der Waals surface area contributed by atoms with Gasteiger partial charge in [-0.3, -0.25) is 0 Å². The molecule has 1 heterocycles. The molecule has 1 spiro atoms. The van der Waals surface area contributed by atoms with Gasteiger partial charge in [0.1, 0.15) is 11.3 Å². The number of para-hydroxylation sites is 1. The predicted molar refractivity (Wildman–Crippen MR) is 210 cm³/mol. The Balaban J connectivity index is 1.18. The second-order valence-corrected chi connectivity index (χ2v) is 13.7. The molecule has 9 aromatic rings. The third-order valence-electron chi connectivity index (χ3n) is 11.1. The van der Waals surface area contributed by atoms with Crippen LogP contribution in [0, 0.1) is 0 Å². The molecule has 0 fully saturated rings. The normalized spacial score (nSPS) is 13.3. The van der Waals surface area contributed by atoms with E-state index in [1.165, 1.54) is 60.7 Å². The molecule has 238 valence electrons. The Labute approximate surface area is 296 Å². The molecule has 2 aliphatic rings. The standard InChI is InChI=1S/C49H31NO/c1-2-12-32(13-3-1)34-22-25-36(26-23-34)50(37-27-24-33-14-4-5-15-35(33)30-37)38-28-29-41-45(31-38)49(47-42-18-8-11-21-46(42)51-48(41)47)43-19-9-6-16-39(43)40-17-7-10-20-44(40)49/h1-31H. The fraction of sp³-hybridized carbons (Fsp3) is 0.0204. The highest BCUT2D eigenvalue weighted by Crippen LogP contribution is 2.65. The molecule has 0 radical (unpaired) electrons. The van der Waals surface area contributed by atoms with Crippen molar-refractivity contribution in [3.05, 3.63) is 210 Å². The average molecular weight is 650 g/mol. The quantitative estimate of drug-likeness (QED) is 0.189. The Morgan fingerprint density at radius 3 is 1.76 bits per heavy atom. The van der Waals surface area contributed by atoms with E-state index >= 15 is 0 Å². The summed E-state index contributed by atoms with van der Waals surface area (Å²) in [6, 6.07) is 68.3. The first-order valence-corrected chi connectivity index (χ1v) is 17.6. The van der Waals surface area contributed by atoms with Crippen molar-refractivity contribution in [1.82, 2.24) is 0 Å². The fourth-order valence-electron chi connectivity index (χ4n) is 8.91. The van der Waals surface area contributed by atoms with Crippen LogP contribution in [0.2, 0.25) is 0 Å². The molecule has 51 heavy (non-hydrogen) atoms. The maximum atomic E-state index is 6.81. The van der Waals surface area contributed by atoms with Crippen LogP contribution in [0.3, 0.4) is 0 Å². The summed E-state index contributed by atoms with van der Waals surface area (Å²) in [6.07, 6.45) is 0. The van der Waals surface area contributed by atoms with Gasteiger partial charge < -0.3 is 9.32 Å². The van der Waals surface area contributed by atoms with Gasteiger partial charge in [0.05, 0.1) is 5.41 Å². The summed E-state index contributed by atoms with van der Waals surface area (Å²) in [5, 5.41) is 3.60. The van der Waals surface area contributed by atoms with Gasteiger partial charge >= 0.3 is 0 Å². The van der Waals surface area contributed by atoms with Gasteiger partial charge in [-0.15, -0.1) is 0 Å². The third-order valence-corrected chi connectivity index (χ3v) is 11.1. The van der Waals surface area contributed by atoms with Crippen molar-refractivity contribution in [2.24, 2.45) is 0 Å². The van der Waals surface area contributed by atoms with E-state index < -0.39 is 5.41 Å². The van der Waals surface area contributed by atoms with Gasteiger partial charge in [-0.05, 0) is 98.2 Å². The highest BCUT2D eigenvalue weighted by molar-refractivity contribution is 6.02. The van der Waals surface area contributed by atoms with Crippen molar-refractivity contribution < 1.29 is 4.42 Å². The van der Waals surface area contributed by atoms with Gasteiger partial charge in [-0.2, -0.15) is 0 Å². The van der Waals surface area contributed by atoms with Gasteiger partial charge in [0.15, 0.2) is 0 Å². The van der Waals surface area contributed by atoms with Crippen LogP contribution >= 0.6 is 0 Å². The van der Waals surface area contributed by atoms with Crippen molar-refractivity contribution in [1.29, 1.82) is 0 Å². The number of nitrogens with zero attached hydrogens (tertiary/aromatic N) is 1. The molecule has 8 aromatic carbocycles. The van der Waals surface area contributed by atoms with E-state index in [1.807, 2.05) is 0 Å². The molecule has 0 unspecified atom stereocenters. The number of rotatable bonds is 4. The lowest BCUT2D eigenvalue weighted by Gasteiger charge is -2.32. The maximum Gasteiger partial charge on any atom is 0.140 e. The smallest absolute Gasteiger partial charge is 0.140 e. The topological polar surface area (TPSA) is 16.4 Å². The van der Waals surface area contributed by atoms with Crippen molar-refractivity contribution in [2.75, 3.05) is 4.90 Å². The van der Waals surface area contributed by atoms with E-state index in [-0.39, 0.29) is 0 Å². The summed E-state index contributed by atoms with van der Waals surface area (Å²) in [6.45, 7) is 0. The second kappa shape index (κ2) is 10.7. The van der Waals surface area contributed by atoms with Gasteiger partial charge in [0.2, 0.25) is 0 Å². The van der Waals surface area contributed by atoms with Crippen LogP contribution in [0.25, 0.3) is 55.3 Å². The van der Waals surface area contributed by atoms with Crippen molar-refractivity contribution in [3.63, 3.8) is 0 Å². The lowest BCUT2D eigenvalue weighted by Crippen LogP contribution is -2.26. The molecule has 0 saturated heterocycles. The Morgan fingerprint density at radius 1 is 0.392 bits per heavy atom. The molecule has 0 aliphatic heterocycles. The minimum absolute atomic E-state index is 0.521. The molecule has 0 bridgehead atoms. The molecule has 1 aromatic heterocycles. The zero-order chi connectivity index (χ0) is 33.5. The molecular formula is C49H31NO. The molecule has 2 heteroatoms. The van der Waals surface area contributed by atoms with Crippen LogP contribution in [0.5, 0.6) is 0 Å². The van der Waals surface area contributed by atoms with E-state index in [4.69, 9.17) is 4.42 Å². The Bertz CT molecular complexity index is 2760. The number of furan rings is 1. The monoisotopic (exact) mass is 649 g/mol. The summed E-state index contributed by atoms with van der Waals surface area (Å²) in [4.78, 5) is 2.40. The molecule has 0 saturated carbocycles. The van der Waals surface area contributed by atoms with E-state index in [0.29, 0.717) is 0 Å². The molecule has 2 aliphatic carbocycles. The van der Waals surface area contributed by atoms with Crippen LogP contribution < -0.4 is 4.90 Å². The Morgan fingerprint density at radius 2 is 0.980 bits per heavy atom. The van der Waals surface area contributed by atoms with Crippen molar-refractivity contribution in [2.45, 2.75) is 5.41 Å². The van der Waals surface area contributed by atoms with Gasteiger partial charge in [-0.1, -0.05) is 140 Å². The Hall–Kier alpha value is -6.64. The van der Waals surface area contributed by atoms with E-state index in [1.54, 1.807) is 0 Å². The highest BCUT2D eigenvalue weighted by atomic mass is 16.3. The molecule has 0 atom stereocenters. The Kier molecular flexibility index (Phi) is 5.91. The van der Waals surface area contributed by atoms with Crippen LogP contribution in [0.15, 0.2) is 192 Å². The summed E-state index contributed by atoms with van der Waals surface area (Å²) in [5.74, 6) is 0.966. The van der Waals surface area contributed by atoms with E-state index in [0.717, 1.165) is 34.0 Å². The van der Waals surface area contributed by atoms with E-state index in [9.17, 15) is 0 Å². The minimum Gasteiger partial charge on any atom is -0.456 e. The minimum atomic E-state index is -0.521. The second-order valence-electron chi connectivity index (χ2n) is 13.7. The molecular weight excluding hydrogens is 619 g/mol. The number of benzene rings is 8. The zero-order valence-electron chi connectivity index (χ0n) is 27.8. The van der Waals surface area contributed by atoms with Crippen molar-refractivity contribution >= 4 is 38.8 Å². The first-order chi connectivity index (χ1) is 25.3.